The minimum absolute atomic E-state index is 0.0805. The summed E-state index contributed by atoms with van der Waals surface area (Å²) in [4.78, 5) is 2.83. The predicted molar refractivity (Wildman–Crippen MR) is 73.7 cm³/mol. The van der Waals surface area contributed by atoms with Crippen LogP contribution in [0, 0.1) is 11.8 Å². The molecule has 3 fully saturated rings. The maximum atomic E-state index is 5.88. The van der Waals surface area contributed by atoms with E-state index in [1.165, 1.54) is 38.9 Å². The average molecular weight is 252 g/mol. The second-order valence-electron chi connectivity index (χ2n) is 7.01. The van der Waals surface area contributed by atoms with E-state index >= 15 is 0 Å². The normalized spacial score (nSPS) is 44.2. The zero-order chi connectivity index (χ0) is 12.8. The highest BCUT2D eigenvalue weighted by molar-refractivity contribution is 5.01. The van der Waals surface area contributed by atoms with Crippen molar-refractivity contribution in [3.05, 3.63) is 0 Å². The van der Waals surface area contributed by atoms with Crippen molar-refractivity contribution in [3.63, 3.8) is 0 Å². The Morgan fingerprint density at radius 3 is 2.89 bits per heavy atom. The monoisotopic (exact) mass is 252 g/mol. The second-order valence-corrected chi connectivity index (χ2v) is 7.01. The van der Waals surface area contributed by atoms with Gasteiger partial charge in [0.25, 0.3) is 0 Å². The molecule has 0 saturated carbocycles. The van der Waals surface area contributed by atoms with Gasteiger partial charge in [-0.05, 0) is 58.0 Å². The Morgan fingerprint density at radius 1 is 1.33 bits per heavy atom. The number of hydrogen-bond acceptors (Lipinski definition) is 3. The van der Waals surface area contributed by atoms with Crippen LogP contribution in [0.1, 0.15) is 40.0 Å². The van der Waals surface area contributed by atoms with Gasteiger partial charge in [0, 0.05) is 25.2 Å². The first-order valence-electron chi connectivity index (χ1n) is 7.71. The summed E-state index contributed by atoms with van der Waals surface area (Å²) in [6, 6.07) is 1.56. The third-order valence-corrected chi connectivity index (χ3v) is 5.32. The molecule has 0 aromatic heterocycles. The lowest BCUT2D eigenvalue weighted by molar-refractivity contribution is -0.0864. The number of fused-ring (bicyclic) bond motifs is 1. The van der Waals surface area contributed by atoms with Gasteiger partial charge in [0.05, 0.1) is 5.60 Å². The summed E-state index contributed by atoms with van der Waals surface area (Å²) in [7, 11) is 0. The summed E-state index contributed by atoms with van der Waals surface area (Å²) in [5, 5.41) is 3.58. The predicted octanol–water partition coefficient (Wildman–Crippen LogP) is 1.87. The number of hydrogen-bond donors (Lipinski definition) is 1. The molecule has 3 heteroatoms. The Morgan fingerprint density at radius 2 is 2.17 bits per heavy atom. The van der Waals surface area contributed by atoms with Gasteiger partial charge in [-0.2, -0.15) is 0 Å². The average Bonchev–Trinajstić information content (AvgIpc) is 2.86. The molecule has 3 rings (SSSR count). The van der Waals surface area contributed by atoms with Gasteiger partial charge in [-0.3, -0.25) is 4.90 Å². The summed E-state index contributed by atoms with van der Waals surface area (Å²) < 4.78 is 5.88. The van der Waals surface area contributed by atoms with Crippen LogP contribution >= 0.6 is 0 Å². The van der Waals surface area contributed by atoms with Gasteiger partial charge in [-0.1, -0.05) is 6.92 Å². The van der Waals surface area contributed by atoms with E-state index < -0.39 is 0 Å². The van der Waals surface area contributed by atoms with Crippen molar-refractivity contribution >= 4 is 0 Å². The van der Waals surface area contributed by atoms with E-state index in [2.05, 4.69) is 31.0 Å². The fraction of sp³-hybridized carbons (Fsp3) is 1.00. The van der Waals surface area contributed by atoms with Crippen molar-refractivity contribution < 1.29 is 4.74 Å². The van der Waals surface area contributed by atoms with E-state index in [-0.39, 0.29) is 5.60 Å². The summed E-state index contributed by atoms with van der Waals surface area (Å²) in [6.45, 7) is 11.6. The number of likely N-dealkylation sites (tertiary alicyclic amines) is 1. The third-order valence-electron chi connectivity index (χ3n) is 5.32. The molecule has 0 aromatic rings. The highest BCUT2D eigenvalue weighted by atomic mass is 16.5. The quantitative estimate of drug-likeness (QED) is 0.812. The van der Waals surface area contributed by atoms with Crippen molar-refractivity contribution in [2.24, 2.45) is 11.8 Å². The summed E-state index contributed by atoms with van der Waals surface area (Å²) in [5.41, 5.74) is 0.0805. The molecule has 4 unspecified atom stereocenters. The lowest BCUT2D eigenvalue weighted by atomic mass is 9.90. The van der Waals surface area contributed by atoms with E-state index in [0.717, 1.165) is 30.5 Å². The third kappa shape index (κ3) is 2.21. The minimum atomic E-state index is 0.0805. The van der Waals surface area contributed by atoms with Crippen LogP contribution in [0.4, 0.5) is 0 Å². The van der Waals surface area contributed by atoms with E-state index in [1.54, 1.807) is 0 Å². The Balaban J connectivity index is 1.72. The van der Waals surface area contributed by atoms with Crippen LogP contribution in [0.25, 0.3) is 0 Å². The minimum Gasteiger partial charge on any atom is -0.375 e. The summed E-state index contributed by atoms with van der Waals surface area (Å²) >= 11 is 0. The van der Waals surface area contributed by atoms with Crippen LogP contribution in [0.15, 0.2) is 0 Å². The van der Waals surface area contributed by atoms with Gasteiger partial charge < -0.3 is 10.1 Å². The van der Waals surface area contributed by atoms with Crippen LogP contribution in [0.5, 0.6) is 0 Å². The molecule has 3 aliphatic rings. The molecule has 0 spiro atoms. The summed E-state index contributed by atoms with van der Waals surface area (Å²) in [5.74, 6) is 1.81. The van der Waals surface area contributed by atoms with Crippen LogP contribution < -0.4 is 5.32 Å². The van der Waals surface area contributed by atoms with Gasteiger partial charge in [-0.15, -0.1) is 0 Å². The van der Waals surface area contributed by atoms with E-state index in [4.69, 9.17) is 4.74 Å². The molecule has 3 nitrogen and oxygen atoms in total. The topological polar surface area (TPSA) is 24.5 Å². The van der Waals surface area contributed by atoms with E-state index in [1.807, 2.05) is 0 Å². The number of ether oxygens (including phenoxy) is 1. The molecule has 1 N–H and O–H groups in total. The molecular weight excluding hydrogens is 224 g/mol. The van der Waals surface area contributed by atoms with Crippen molar-refractivity contribution in [2.75, 3.05) is 26.2 Å². The largest absolute Gasteiger partial charge is 0.375 e. The molecule has 104 valence electrons. The van der Waals surface area contributed by atoms with Crippen LogP contribution in [-0.4, -0.2) is 48.8 Å². The van der Waals surface area contributed by atoms with E-state index in [9.17, 15) is 0 Å². The van der Waals surface area contributed by atoms with Gasteiger partial charge in [-0.25, -0.2) is 0 Å². The molecule has 0 radical (unpaired) electrons. The lowest BCUT2D eigenvalue weighted by Crippen LogP contribution is -2.49. The standard InChI is InChI=1S/C15H28N2O/c1-4-14-13-9-16-8-11(13)10-17(14)12-5-6-18-15(2,3)7-12/h11-14,16H,4-10H2,1-3H3. The maximum absolute atomic E-state index is 5.88. The smallest absolute Gasteiger partial charge is 0.0641 e. The fourth-order valence-electron chi connectivity index (χ4n) is 4.50. The zero-order valence-electron chi connectivity index (χ0n) is 12.1. The van der Waals surface area contributed by atoms with Gasteiger partial charge in [0.2, 0.25) is 0 Å². The summed E-state index contributed by atoms with van der Waals surface area (Å²) in [6.07, 6.45) is 3.74. The maximum Gasteiger partial charge on any atom is 0.0641 e. The Labute approximate surface area is 111 Å². The Kier molecular flexibility index (Phi) is 3.41. The van der Waals surface area contributed by atoms with Crippen LogP contribution in [-0.2, 0) is 4.74 Å². The Bertz CT molecular complexity index is 305. The van der Waals surface area contributed by atoms with Gasteiger partial charge in [0.15, 0.2) is 0 Å². The Hall–Kier alpha value is -0.120. The molecular formula is C15H28N2O. The first-order valence-corrected chi connectivity index (χ1v) is 7.71. The molecule has 0 aliphatic carbocycles. The first kappa shape index (κ1) is 12.9. The SMILES string of the molecule is CCC1C2CNCC2CN1C1CCOC(C)(C)C1. The highest BCUT2D eigenvalue weighted by Crippen LogP contribution is 2.39. The van der Waals surface area contributed by atoms with Crippen molar-refractivity contribution in [1.82, 2.24) is 10.2 Å². The van der Waals surface area contributed by atoms with Gasteiger partial charge in [0.1, 0.15) is 0 Å². The van der Waals surface area contributed by atoms with E-state index in [0.29, 0.717) is 0 Å². The molecule has 3 saturated heterocycles. The van der Waals surface area contributed by atoms with Crippen molar-refractivity contribution in [3.8, 4) is 0 Å². The molecule has 0 bridgehead atoms. The first-order chi connectivity index (χ1) is 8.61. The molecule has 4 atom stereocenters. The van der Waals surface area contributed by atoms with Crippen molar-refractivity contribution in [2.45, 2.75) is 57.7 Å². The lowest BCUT2D eigenvalue weighted by Gasteiger charge is -2.42. The second kappa shape index (κ2) is 4.77. The van der Waals surface area contributed by atoms with Gasteiger partial charge >= 0.3 is 0 Å². The molecule has 18 heavy (non-hydrogen) atoms. The number of rotatable bonds is 2. The number of nitrogens with zero attached hydrogens (tertiary/aromatic N) is 1. The highest BCUT2D eigenvalue weighted by Gasteiger charge is 2.46. The molecule has 3 aliphatic heterocycles. The fourth-order valence-corrected chi connectivity index (χ4v) is 4.50. The van der Waals surface area contributed by atoms with Crippen LogP contribution in [0.2, 0.25) is 0 Å². The van der Waals surface area contributed by atoms with Crippen LogP contribution in [0.3, 0.4) is 0 Å². The number of nitrogens with one attached hydrogen (secondary N) is 1. The van der Waals surface area contributed by atoms with Crippen molar-refractivity contribution in [1.29, 1.82) is 0 Å². The molecule has 0 amide bonds. The molecule has 0 aromatic carbocycles. The zero-order valence-corrected chi connectivity index (χ0v) is 12.1. The molecule has 3 heterocycles.